The van der Waals surface area contributed by atoms with Gasteiger partial charge in [-0.3, -0.25) is 0 Å². The molecule has 1 aromatic heterocycles. The molecule has 0 spiro atoms. The van der Waals surface area contributed by atoms with Crippen molar-refractivity contribution in [2.24, 2.45) is 0 Å². The molecule has 0 N–H and O–H groups in total. The molecule has 0 saturated heterocycles. The van der Waals surface area contributed by atoms with E-state index in [-0.39, 0.29) is 5.95 Å². The lowest BCUT2D eigenvalue weighted by molar-refractivity contribution is -0.141. The fourth-order valence-electron chi connectivity index (χ4n) is 1.91. The molecule has 17 heavy (non-hydrogen) atoms. The van der Waals surface area contributed by atoms with Crippen LogP contribution in [0.25, 0.3) is 0 Å². The van der Waals surface area contributed by atoms with Gasteiger partial charge in [0.25, 0.3) is 0 Å². The Kier molecular flexibility index (Phi) is 3.22. The lowest BCUT2D eigenvalue weighted by Crippen LogP contribution is -2.41. The van der Waals surface area contributed by atoms with Gasteiger partial charge in [0.2, 0.25) is 5.95 Å². The second kappa shape index (κ2) is 4.50. The van der Waals surface area contributed by atoms with E-state index in [1.165, 1.54) is 6.20 Å². The Morgan fingerprint density at radius 2 is 2.12 bits per heavy atom. The zero-order valence-corrected chi connectivity index (χ0v) is 9.54. The smallest absolute Gasteiger partial charge is 0.338 e. The van der Waals surface area contributed by atoms with E-state index in [1.807, 2.05) is 11.8 Å². The van der Waals surface area contributed by atoms with Crippen LogP contribution in [0.3, 0.4) is 0 Å². The average molecular weight is 245 g/mol. The highest BCUT2D eigenvalue weighted by Gasteiger charge is 2.34. The number of rotatable bonds is 3. The van der Waals surface area contributed by atoms with E-state index in [0.29, 0.717) is 12.6 Å². The number of halogens is 3. The maximum absolute atomic E-state index is 12.5. The average Bonchev–Trinajstić information content (AvgIpc) is 2.22. The number of alkyl halides is 3. The number of nitrogens with zero attached hydrogens (tertiary/aromatic N) is 3. The first-order valence-electron chi connectivity index (χ1n) is 5.69. The van der Waals surface area contributed by atoms with Crippen molar-refractivity contribution in [2.75, 3.05) is 11.4 Å². The van der Waals surface area contributed by atoms with E-state index < -0.39 is 11.9 Å². The third kappa shape index (κ3) is 2.50. The quantitative estimate of drug-likeness (QED) is 0.820. The van der Waals surface area contributed by atoms with Gasteiger partial charge in [-0.25, -0.2) is 9.97 Å². The lowest BCUT2D eigenvalue weighted by atomic mass is 9.92. The van der Waals surface area contributed by atoms with Crippen LogP contribution in [0.5, 0.6) is 0 Å². The first kappa shape index (κ1) is 12.1. The molecule has 0 bridgehead atoms. The van der Waals surface area contributed by atoms with Crippen LogP contribution in [0.15, 0.2) is 12.3 Å². The Morgan fingerprint density at radius 1 is 1.41 bits per heavy atom. The van der Waals surface area contributed by atoms with Crippen LogP contribution < -0.4 is 4.90 Å². The fraction of sp³-hybridized carbons (Fsp3) is 0.636. The van der Waals surface area contributed by atoms with E-state index in [1.54, 1.807) is 0 Å². The normalized spacial score (nSPS) is 16.7. The number of hydrogen-bond donors (Lipinski definition) is 0. The molecule has 1 heterocycles. The molecular weight excluding hydrogens is 231 g/mol. The second-order valence-corrected chi connectivity index (χ2v) is 4.11. The highest BCUT2D eigenvalue weighted by Crippen LogP contribution is 2.31. The van der Waals surface area contributed by atoms with Crippen molar-refractivity contribution in [3.8, 4) is 0 Å². The topological polar surface area (TPSA) is 29.0 Å². The highest BCUT2D eigenvalue weighted by molar-refractivity contribution is 5.33. The fourth-order valence-corrected chi connectivity index (χ4v) is 1.91. The van der Waals surface area contributed by atoms with Gasteiger partial charge in [0.05, 0.1) is 0 Å². The summed E-state index contributed by atoms with van der Waals surface area (Å²) < 4.78 is 37.6. The maximum Gasteiger partial charge on any atom is 0.433 e. The van der Waals surface area contributed by atoms with Crippen molar-refractivity contribution in [1.82, 2.24) is 9.97 Å². The van der Waals surface area contributed by atoms with E-state index in [2.05, 4.69) is 9.97 Å². The zero-order chi connectivity index (χ0) is 12.5. The molecule has 0 radical (unpaired) electrons. The van der Waals surface area contributed by atoms with Crippen molar-refractivity contribution in [2.45, 2.75) is 38.4 Å². The van der Waals surface area contributed by atoms with Gasteiger partial charge in [-0.2, -0.15) is 13.2 Å². The molecular formula is C11H14F3N3. The molecule has 0 amide bonds. The van der Waals surface area contributed by atoms with Crippen LogP contribution in [-0.4, -0.2) is 22.6 Å². The van der Waals surface area contributed by atoms with Gasteiger partial charge in [-0.1, -0.05) is 0 Å². The van der Waals surface area contributed by atoms with Crippen LogP contribution in [-0.2, 0) is 6.18 Å². The molecule has 1 aromatic rings. The Hall–Kier alpha value is -1.33. The Morgan fingerprint density at radius 3 is 2.59 bits per heavy atom. The van der Waals surface area contributed by atoms with Crippen LogP contribution >= 0.6 is 0 Å². The Balaban J connectivity index is 2.25. The molecule has 2 rings (SSSR count). The van der Waals surface area contributed by atoms with E-state index in [9.17, 15) is 13.2 Å². The first-order valence-corrected chi connectivity index (χ1v) is 5.69. The monoisotopic (exact) mass is 245 g/mol. The summed E-state index contributed by atoms with van der Waals surface area (Å²) in [5, 5.41) is 0. The van der Waals surface area contributed by atoms with Gasteiger partial charge in [-0.15, -0.1) is 0 Å². The van der Waals surface area contributed by atoms with Crippen molar-refractivity contribution in [3.63, 3.8) is 0 Å². The molecule has 1 aliphatic carbocycles. The maximum atomic E-state index is 12.5. The van der Waals surface area contributed by atoms with E-state index >= 15 is 0 Å². The third-order valence-corrected chi connectivity index (χ3v) is 3.05. The van der Waals surface area contributed by atoms with Gasteiger partial charge in [0, 0.05) is 18.8 Å². The summed E-state index contributed by atoms with van der Waals surface area (Å²) >= 11 is 0. The van der Waals surface area contributed by atoms with E-state index in [4.69, 9.17) is 0 Å². The molecule has 6 heteroatoms. The van der Waals surface area contributed by atoms with Gasteiger partial charge < -0.3 is 4.90 Å². The number of aromatic nitrogens is 2. The van der Waals surface area contributed by atoms with Crippen molar-refractivity contribution in [3.05, 3.63) is 18.0 Å². The summed E-state index contributed by atoms with van der Waals surface area (Å²) in [6.45, 7) is 2.54. The largest absolute Gasteiger partial charge is 0.433 e. The van der Waals surface area contributed by atoms with Crippen LogP contribution in [0, 0.1) is 0 Å². The summed E-state index contributed by atoms with van der Waals surface area (Å²) in [5.41, 5.74) is -0.875. The lowest BCUT2D eigenvalue weighted by Gasteiger charge is -2.36. The summed E-state index contributed by atoms with van der Waals surface area (Å²) in [4.78, 5) is 9.40. The van der Waals surface area contributed by atoms with Crippen molar-refractivity contribution in [1.29, 1.82) is 0 Å². The first-order chi connectivity index (χ1) is 8.02. The SMILES string of the molecule is CCN(c1nccc(C(F)(F)F)n1)C1CCC1. The third-order valence-electron chi connectivity index (χ3n) is 3.05. The standard InChI is InChI=1S/C11H14F3N3/c1-2-17(8-4-3-5-8)10-15-7-6-9(16-10)11(12,13)14/h6-8H,2-5H2,1H3. The van der Waals surface area contributed by atoms with Crippen LogP contribution in [0.2, 0.25) is 0 Å². The molecule has 1 aliphatic rings. The number of anilines is 1. The minimum atomic E-state index is -4.41. The van der Waals surface area contributed by atoms with Crippen molar-refractivity contribution < 1.29 is 13.2 Å². The van der Waals surface area contributed by atoms with E-state index in [0.717, 1.165) is 25.3 Å². The molecule has 1 fully saturated rings. The summed E-state index contributed by atoms with van der Waals surface area (Å²) in [5.74, 6) is 0.187. The molecule has 0 aliphatic heterocycles. The minimum absolute atomic E-state index is 0.187. The number of hydrogen-bond acceptors (Lipinski definition) is 3. The predicted octanol–water partition coefficient (Wildman–Crippen LogP) is 2.87. The van der Waals surface area contributed by atoms with Gasteiger partial charge in [-0.05, 0) is 32.3 Å². The van der Waals surface area contributed by atoms with Crippen molar-refractivity contribution >= 4 is 5.95 Å². The molecule has 1 saturated carbocycles. The summed E-state index contributed by atoms with van der Waals surface area (Å²) in [7, 11) is 0. The molecule has 0 aromatic carbocycles. The minimum Gasteiger partial charge on any atom is -0.338 e. The van der Waals surface area contributed by atoms with Crippen LogP contribution in [0.1, 0.15) is 31.9 Å². The highest BCUT2D eigenvalue weighted by atomic mass is 19.4. The molecule has 0 atom stereocenters. The second-order valence-electron chi connectivity index (χ2n) is 4.11. The van der Waals surface area contributed by atoms with Gasteiger partial charge in [0.15, 0.2) is 0 Å². The van der Waals surface area contributed by atoms with Crippen LogP contribution in [0.4, 0.5) is 19.1 Å². The predicted molar refractivity (Wildman–Crippen MR) is 57.7 cm³/mol. The Labute approximate surface area is 97.7 Å². The zero-order valence-electron chi connectivity index (χ0n) is 9.54. The molecule has 0 unspecified atom stereocenters. The summed E-state index contributed by atoms with van der Waals surface area (Å²) in [6, 6.07) is 1.20. The van der Waals surface area contributed by atoms with Gasteiger partial charge >= 0.3 is 6.18 Å². The van der Waals surface area contributed by atoms with Gasteiger partial charge in [0.1, 0.15) is 5.69 Å². The summed E-state index contributed by atoms with van der Waals surface area (Å²) in [6.07, 6.45) is -0.0930. The Bertz CT molecular complexity index is 388. The molecule has 94 valence electrons. The molecule has 3 nitrogen and oxygen atoms in total.